The molecule has 21 heavy (non-hydrogen) atoms. The summed E-state index contributed by atoms with van der Waals surface area (Å²) in [6.45, 7) is 4.90. The molecule has 3 heterocycles. The van der Waals surface area contributed by atoms with Gasteiger partial charge in [-0.1, -0.05) is 0 Å². The highest BCUT2D eigenvalue weighted by atomic mass is 32.1. The molecule has 1 fully saturated rings. The number of piperidine rings is 1. The highest BCUT2D eigenvalue weighted by Gasteiger charge is 2.23. The topological polar surface area (TPSA) is 58.4 Å². The predicted octanol–water partition coefficient (Wildman–Crippen LogP) is 2.79. The van der Waals surface area contributed by atoms with E-state index >= 15 is 0 Å². The van der Waals surface area contributed by atoms with E-state index in [1.54, 1.807) is 17.4 Å². The van der Waals surface area contributed by atoms with Gasteiger partial charge in [0.05, 0.1) is 6.54 Å². The van der Waals surface area contributed by atoms with Crippen molar-refractivity contribution in [2.24, 2.45) is 0 Å². The number of rotatable bonds is 4. The lowest BCUT2D eigenvalue weighted by Gasteiger charge is -2.32. The number of likely N-dealkylation sites (tertiary alicyclic amines) is 1. The lowest BCUT2D eigenvalue weighted by atomic mass is 10.0. The molecule has 0 radical (unpaired) electrons. The summed E-state index contributed by atoms with van der Waals surface area (Å²) in [7, 11) is 0. The molecule has 112 valence electrons. The average Bonchev–Trinajstić information content (AvgIpc) is 3.09. The summed E-state index contributed by atoms with van der Waals surface area (Å²) in [6, 6.07) is 3.78. The Morgan fingerprint density at radius 1 is 1.48 bits per heavy atom. The summed E-state index contributed by atoms with van der Waals surface area (Å²) in [6.07, 6.45) is 3.85. The molecule has 0 spiro atoms. The molecule has 0 atom stereocenters. The van der Waals surface area contributed by atoms with Crippen LogP contribution in [-0.2, 0) is 6.54 Å². The van der Waals surface area contributed by atoms with Crippen LogP contribution < -0.4 is 0 Å². The number of hydrogen-bond donors (Lipinski definition) is 1. The van der Waals surface area contributed by atoms with Crippen LogP contribution in [0.4, 0.5) is 0 Å². The van der Waals surface area contributed by atoms with Gasteiger partial charge in [0, 0.05) is 36.4 Å². The Kier molecular flexibility index (Phi) is 4.07. The molecule has 1 N–H and O–H groups in total. The van der Waals surface area contributed by atoms with Gasteiger partial charge in [-0.15, -0.1) is 11.3 Å². The van der Waals surface area contributed by atoms with Crippen molar-refractivity contribution in [3.05, 3.63) is 40.1 Å². The fraction of sp³-hybridized carbons (Fsp3) is 0.467. The molecular formula is C15H19N3O2S. The van der Waals surface area contributed by atoms with Crippen LogP contribution in [0, 0.1) is 6.92 Å². The smallest absolute Gasteiger partial charge is 0.352 e. The number of aromatic nitrogens is 2. The van der Waals surface area contributed by atoms with Gasteiger partial charge < -0.3 is 9.67 Å². The van der Waals surface area contributed by atoms with Gasteiger partial charge in [0.25, 0.3) is 0 Å². The number of nitrogens with zero attached hydrogens (tertiary/aromatic N) is 3. The van der Waals surface area contributed by atoms with E-state index in [-0.39, 0.29) is 0 Å². The van der Waals surface area contributed by atoms with Crippen molar-refractivity contribution in [1.82, 2.24) is 14.5 Å². The first-order valence-corrected chi connectivity index (χ1v) is 8.05. The van der Waals surface area contributed by atoms with Crippen molar-refractivity contribution in [3.8, 4) is 0 Å². The van der Waals surface area contributed by atoms with Crippen LogP contribution in [0.3, 0.4) is 0 Å². The van der Waals surface area contributed by atoms with Gasteiger partial charge in [-0.05, 0) is 31.9 Å². The monoisotopic (exact) mass is 305 g/mol. The highest BCUT2D eigenvalue weighted by molar-refractivity contribution is 7.09. The quantitative estimate of drug-likeness (QED) is 0.943. The molecule has 0 saturated carbocycles. The van der Waals surface area contributed by atoms with Crippen LogP contribution >= 0.6 is 11.3 Å². The van der Waals surface area contributed by atoms with E-state index in [0.29, 0.717) is 11.7 Å². The van der Waals surface area contributed by atoms with Crippen molar-refractivity contribution in [2.45, 2.75) is 32.4 Å². The maximum Gasteiger partial charge on any atom is 0.352 e. The largest absolute Gasteiger partial charge is 0.477 e. The van der Waals surface area contributed by atoms with E-state index in [4.69, 9.17) is 0 Å². The molecule has 2 aromatic heterocycles. The third kappa shape index (κ3) is 3.16. The van der Waals surface area contributed by atoms with Crippen molar-refractivity contribution in [1.29, 1.82) is 0 Å². The maximum atomic E-state index is 11.2. The summed E-state index contributed by atoms with van der Waals surface area (Å²) in [5, 5.41) is 12.4. The Morgan fingerprint density at radius 3 is 2.86 bits per heavy atom. The Morgan fingerprint density at radius 2 is 2.24 bits per heavy atom. The molecule has 0 aromatic carbocycles. The number of carboxylic acids is 1. The minimum absolute atomic E-state index is 0.292. The van der Waals surface area contributed by atoms with Crippen LogP contribution in [0.25, 0.3) is 0 Å². The van der Waals surface area contributed by atoms with Gasteiger partial charge in [-0.2, -0.15) is 0 Å². The molecule has 0 bridgehead atoms. The number of aryl methyl sites for hydroxylation is 1. The minimum Gasteiger partial charge on any atom is -0.477 e. The first kappa shape index (κ1) is 14.3. The van der Waals surface area contributed by atoms with Crippen LogP contribution in [0.15, 0.2) is 23.7 Å². The summed E-state index contributed by atoms with van der Waals surface area (Å²) < 4.78 is 1.91. The number of thiazole rings is 1. The van der Waals surface area contributed by atoms with E-state index in [1.165, 1.54) is 0 Å². The zero-order valence-corrected chi connectivity index (χ0v) is 12.8. The molecule has 1 aliphatic heterocycles. The van der Waals surface area contributed by atoms with E-state index in [2.05, 4.69) is 15.3 Å². The first-order chi connectivity index (χ1) is 10.1. The lowest BCUT2D eigenvalue weighted by Crippen LogP contribution is -2.34. The Balaban J connectivity index is 1.60. The van der Waals surface area contributed by atoms with Crippen molar-refractivity contribution in [2.75, 3.05) is 13.1 Å². The Hall–Kier alpha value is -1.66. The van der Waals surface area contributed by atoms with Gasteiger partial charge in [-0.25, -0.2) is 9.78 Å². The van der Waals surface area contributed by atoms with Crippen molar-refractivity contribution < 1.29 is 9.90 Å². The van der Waals surface area contributed by atoms with E-state index in [9.17, 15) is 9.90 Å². The minimum atomic E-state index is -0.847. The molecule has 0 unspecified atom stereocenters. The fourth-order valence-corrected chi connectivity index (χ4v) is 3.73. The highest BCUT2D eigenvalue weighted by Crippen LogP contribution is 2.26. The Bertz CT molecular complexity index is 626. The standard InChI is InChI=1S/C15H19N3O2S/c1-11-10-21-14(16-11)9-17-7-4-12(5-8-17)18-6-2-3-13(18)15(19)20/h2-3,6,10,12H,4-5,7-9H2,1H3,(H,19,20). The van der Waals surface area contributed by atoms with Crippen molar-refractivity contribution >= 4 is 17.3 Å². The third-order valence-corrected chi connectivity index (χ3v) is 4.93. The molecule has 3 rings (SSSR count). The lowest BCUT2D eigenvalue weighted by molar-refractivity contribution is 0.0678. The summed E-state index contributed by atoms with van der Waals surface area (Å²) in [5.41, 5.74) is 1.48. The van der Waals surface area contributed by atoms with Gasteiger partial charge in [0.2, 0.25) is 0 Å². The number of hydrogen-bond acceptors (Lipinski definition) is 4. The second-order valence-corrected chi connectivity index (χ2v) is 6.44. The molecule has 0 amide bonds. The second-order valence-electron chi connectivity index (χ2n) is 5.50. The number of carboxylic acid groups (broad SMARTS) is 1. The number of carbonyl (C=O) groups is 1. The van der Waals surface area contributed by atoms with Crippen LogP contribution in [0.1, 0.15) is 40.1 Å². The van der Waals surface area contributed by atoms with Crippen LogP contribution in [0.5, 0.6) is 0 Å². The second kappa shape index (κ2) is 5.99. The maximum absolute atomic E-state index is 11.2. The van der Waals surface area contributed by atoms with Crippen LogP contribution in [0.2, 0.25) is 0 Å². The molecule has 0 aliphatic carbocycles. The molecule has 2 aromatic rings. The Labute approximate surface area is 127 Å². The van der Waals surface area contributed by atoms with E-state index < -0.39 is 5.97 Å². The molecule has 1 saturated heterocycles. The summed E-state index contributed by atoms with van der Waals surface area (Å²) in [4.78, 5) is 18.1. The normalized spacial score (nSPS) is 17.2. The molecular weight excluding hydrogens is 286 g/mol. The van der Waals surface area contributed by atoms with Gasteiger partial charge in [0.15, 0.2) is 0 Å². The van der Waals surface area contributed by atoms with Crippen LogP contribution in [-0.4, -0.2) is 38.6 Å². The molecule has 5 nitrogen and oxygen atoms in total. The van der Waals surface area contributed by atoms with E-state index in [0.717, 1.165) is 43.2 Å². The SMILES string of the molecule is Cc1csc(CN2CCC(n3cccc3C(=O)O)CC2)n1. The molecule has 1 aliphatic rings. The summed E-state index contributed by atoms with van der Waals surface area (Å²) in [5.74, 6) is -0.847. The zero-order chi connectivity index (χ0) is 14.8. The van der Waals surface area contributed by atoms with Gasteiger partial charge in [-0.3, -0.25) is 4.90 Å². The third-order valence-electron chi connectivity index (χ3n) is 3.97. The first-order valence-electron chi connectivity index (χ1n) is 7.17. The fourth-order valence-electron chi connectivity index (χ4n) is 2.92. The van der Waals surface area contributed by atoms with E-state index in [1.807, 2.05) is 23.8 Å². The van der Waals surface area contributed by atoms with Crippen molar-refractivity contribution in [3.63, 3.8) is 0 Å². The zero-order valence-electron chi connectivity index (χ0n) is 12.0. The summed E-state index contributed by atoms with van der Waals surface area (Å²) >= 11 is 1.71. The van der Waals surface area contributed by atoms with Gasteiger partial charge in [0.1, 0.15) is 10.7 Å². The van der Waals surface area contributed by atoms with Gasteiger partial charge >= 0.3 is 5.97 Å². The molecule has 6 heteroatoms. The predicted molar refractivity (Wildman–Crippen MR) is 81.8 cm³/mol. The average molecular weight is 305 g/mol. The number of aromatic carboxylic acids is 1.